The van der Waals surface area contributed by atoms with E-state index in [4.69, 9.17) is 9.15 Å². The first kappa shape index (κ1) is 15.5. The molecule has 0 unspecified atom stereocenters. The number of pyridine rings is 1. The number of oxazole rings is 1. The number of nitrogens with zero attached hydrogens (tertiary/aromatic N) is 4. The Labute approximate surface area is 134 Å². The third kappa shape index (κ3) is 3.53. The van der Waals surface area contributed by atoms with Crippen molar-refractivity contribution in [1.29, 1.82) is 0 Å². The molecule has 2 aromatic rings. The van der Waals surface area contributed by atoms with Crippen molar-refractivity contribution in [3.63, 3.8) is 0 Å². The molecule has 2 amide bonds. The van der Waals surface area contributed by atoms with Crippen molar-refractivity contribution in [3.05, 3.63) is 17.8 Å². The van der Waals surface area contributed by atoms with Gasteiger partial charge in [-0.2, -0.15) is 4.98 Å². The topological polar surface area (TPSA) is 83.7 Å². The summed E-state index contributed by atoms with van der Waals surface area (Å²) in [6, 6.07) is 4.29. The molecule has 124 valence electrons. The van der Waals surface area contributed by atoms with Crippen LogP contribution in [0.15, 0.2) is 16.5 Å². The molecular weight excluding hydrogens is 298 g/mol. The number of piperazine rings is 1. The quantitative estimate of drug-likeness (QED) is 0.847. The predicted octanol–water partition coefficient (Wildman–Crippen LogP) is 1.01. The molecule has 1 N–H and O–H groups in total. The van der Waals surface area contributed by atoms with Crippen molar-refractivity contribution in [2.45, 2.75) is 6.92 Å². The number of nitrogens with one attached hydrogen (secondary N) is 1. The van der Waals surface area contributed by atoms with Gasteiger partial charge in [0.15, 0.2) is 5.58 Å². The third-order valence-electron chi connectivity index (χ3n) is 3.80. The molecule has 0 radical (unpaired) electrons. The summed E-state index contributed by atoms with van der Waals surface area (Å²) in [7, 11) is 1.61. The smallest absolute Gasteiger partial charge is 0.317 e. The lowest BCUT2D eigenvalue weighted by atomic mass is 10.3. The number of anilines is 1. The molecule has 23 heavy (non-hydrogen) atoms. The van der Waals surface area contributed by atoms with Crippen LogP contribution in [0, 0.1) is 6.92 Å². The Kier molecular flexibility index (Phi) is 4.61. The summed E-state index contributed by atoms with van der Waals surface area (Å²) in [4.78, 5) is 24.6. The summed E-state index contributed by atoms with van der Waals surface area (Å²) in [6.45, 7) is 5.59. The summed E-state index contributed by atoms with van der Waals surface area (Å²) in [5.41, 5.74) is 2.22. The number of carbonyl (C=O) groups is 1. The Morgan fingerprint density at radius 3 is 2.83 bits per heavy atom. The maximum absolute atomic E-state index is 12.0. The Morgan fingerprint density at radius 1 is 1.30 bits per heavy atom. The lowest BCUT2D eigenvalue weighted by Crippen LogP contribution is -2.52. The monoisotopic (exact) mass is 319 g/mol. The lowest BCUT2D eigenvalue weighted by Gasteiger charge is -2.33. The van der Waals surface area contributed by atoms with E-state index < -0.39 is 0 Å². The predicted molar refractivity (Wildman–Crippen MR) is 85.6 cm³/mol. The van der Waals surface area contributed by atoms with Gasteiger partial charge >= 0.3 is 6.03 Å². The van der Waals surface area contributed by atoms with Gasteiger partial charge in [0.1, 0.15) is 0 Å². The van der Waals surface area contributed by atoms with E-state index >= 15 is 0 Å². The van der Waals surface area contributed by atoms with E-state index in [1.807, 2.05) is 24.0 Å². The largest absolute Gasteiger partial charge is 0.422 e. The molecule has 0 atom stereocenters. The highest BCUT2D eigenvalue weighted by atomic mass is 16.5. The van der Waals surface area contributed by atoms with Gasteiger partial charge in [0, 0.05) is 45.5 Å². The van der Waals surface area contributed by atoms with Gasteiger partial charge in [0.05, 0.1) is 6.61 Å². The van der Waals surface area contributed by atoms with Crippen LogP contribution in [0.25, 0.3) is 11.2 Å². The van der Waals surface area contributed by atoms with Gasteiger partial charge in [-0.3, -0.25) is 0 Å². The van der Waals surface area contributed by atoms with Crippen LogP contribution >= 0.6 is 0 Å². The van der Waals surface area contributed by atoms with Gasteiger partial charge < -0.3 is 24.3 Å². The van der Waals surface area contributed by atoms with Gasteiger partial charge in [-0.25, -0.2) is 9.78 Å². The van der Waals surface area contributed by atoms with Gasteiger partial charge in [0.2, 0.25) is 5.65 Å². The second-order valence-electron chi connectivity index (χ2n) is 5.47. The molecule has 8 heteroatoms. The maximum Gasteiger partial charge on any atom is 0.317 e. The Hall–Kier alpha value is -2.35. The molecule has 0 bridgehead atoms. The number of urea groups is 1. The number of methoxy groups -OCH3 is 1. The number of amides is 2. The summed E-state index contributed by atoms with van der Waals surface area (Å²) < 4.78 is 10.7. The highest BCUT2D eigenvalue weighted by Crippen LogP contribution is 2.21. The van der Waals surface area contributed by atoms with Crippen LogP contribution in [0.5, 0.6) is 0 Å². The highest BCUT2D eigenvalue weighted by Gasteiger charge is 2.24. The van der Waals surface area contributed by atoms with E-state index in [1.165, 1.54) is 0 Å². The molecule has 1 aliphatic rings. The number of carbonyl (C=O) groups excluding carboxylic acids is 1. The molecule has 2 aromatic heterocycles. The molecule has 1 saturated heterocycles. The number of aromatic nitrogens is 2. The first-order valence-corrected chi connectivity index (χ1v) is 7.68. The van der Waals surface area contributed by atoms with Crippen molar-refractivity contribution >= 4 is 23.3 Å². The van der Waals surface area contributed by atoms with Crippen LogP contribution in [0.1, 0.15) is 5.69 Å². The van der Waals surface area contributed by atoms with E-state index in [1.54, 1.807) is 12.0 Å². The molecular formula is C15H21N5O3. The fraction of sp³-hybridized carbons (Fsp3) is 0.533. The number of ether oxygens (including phenoxy) is 1. The Balaban J connectivity index is 1.58. The van der Waals surface area contributed by atoms with E-state index in [0.717, 1.165) is 5.69 Å². The number of aryl methyl sites for hydroxylation is 1. The Bertz CT molecular complexity index is 679. The van der Waals surface area contributed by atoms with E-state index in [-0.39, 0.29) is 6.03 Å². The fourth-order valence-electron chi connectivity index (χ4n) is 2.51. The highest BCUT2D eigenvalue weighted by molar-refractivity contribution is 5.74. The van der Waals surface area contributed by atoms with Crippen molar-refractivity contribution in [2.24, 2.45) is 0 Å². The third-order valence-corrected chi connectivity index (χ3v) is 3.80. The first-order chi connectivity index (χ1) is 11.2. The number of hydrogen-bond acceptors (Lipinski definition) is 6. The van der Waals surface area contributed by atoms with Crippen molar-refractivity contribution in [3.8, 4) is 0 Å². The minimum atomic E-state index is -0.0587. The molecule has 0 spiro atoms. The standard InChI is InChI=1S/C15H21N5O3/c1-11-3-4-12-13(17-11)18-15(23-12)20-8-6-19(7-9-20)14(21)16-5-10-22-2/h3-4H,5-10H2,1-2H3,(H,16,21). The van der Waals surface area contributed by atoms with E-state index in [0.29, 0.717) is 56.6 Å². The molecule has 0 saturated carbocycles. The molecule has 1 fully saturated rings. The number of rotatable bonds is 4. The number of hydrogen-bond donors (Lipinski definition) is 1. The van der Waals surface area contributed by atoms with Crippen LogP contribution in [-0.2, 0) is 4.74 Å². The number of fused-ring (bicyclic) bond motifs is 1. The zero-order valence-corrected chi connectivity index (χ0v) is 13.4. The molecule has 3 rings (SSSR count). The van der Waals surface area contributed by atoms with Gasteiger partial charge in [-0.05, 0) is 19.1 Å². The van der Waals surface area contributed by atoms with E-state index in [9.17, 15) is 4.79 Å². The van der Waals surface area contributed by atoms with Crippen LogP contribution in [-0.4, -0.2) is 67.3 Å². The minimum absolute atomic E-state index is 0.0587. The first-order valence-electron chi connectivity index (χ1n) is 7.68. The van der Waals surface area contributed by atoms with Gasteiger partial charge in [0.25, 0.3) is 6.01 Å². The summed E-state index contributed by atoms with van der Waals surface area (Å²) in [5, 5.41) is 2.83. The van der Waals surface area contributed by atoms with E-state index in [2.05, 4.69) is 15.3 Å². The zero-order valence-electron chi connectivity index (χ0n) is 13.4. The molecule has 3 heterocycles. The van der Waals surface area contributed by atoms with Crippen molar-refractivity contribution in [2.75, 3.05) is 51.3 Å². The van der Waals surface area contributed by atoms with Crippen molar-refractivity contribution in [1.82, 2.24) is 20.2 Å². The molecule has 1 aliphatic heterocycles. The normalized spacial score (nSPS) is 15.2. The minimum Gasteiger partial charge on any atom is -0.422 e. The molecule has 0 aliphatic carbocycles. The fourth-order valence-corrected chi connectivity index (χ4v) is 2.51. The summed E-state index contributed by atoms with van der Waals surface area (Å²) in [6.07, 6.45) is 0. The van der Waals surface area contributed by atoms with Crippen molar-refractivity contribution < 1.29 is 13.9 Å². The van der Waals surface area contributed by atoms with Crippen LogP contribution in [0.2, 0.25) is 0 Å². The van der Waals surface area contributed by atoms with Gasteiger partial charge in [-0.15, -0.1) is 0 Å². The summed E-state index contributed by atoms with van der Waals surface area (Å²) >= 11 is 0. The average molecular weight is 319 g/mol. The summed E-state index contributed by atoms with van der Waals surface area (Å²) in [5.74, 6) is 0. The Morgan fingerprint density at radius 2 is 2.09 bits per heavy atom. The van der Waals surface area contributed by atoms with Crippen LogP contribution in [0.3, 0.4) is 0 Å². The maximum atomic E-state index is 12.0. The van der Waals surface area contributed by atoms with Crippen LogP contribution in [0.4, 0.5) is 10.8 Å². The average Bonchev–Trinajstić information content (AvgIpc) is 2.98. The second-order valence-corrected chi connectivity index (χ2v) is 5.47. The second kappa shape index (κ2) is 6.82. The SMILES string of the molecule is COCCNC(=O)N1CCN(c2nc3nc(C)ccc3o2)CC1. The molecule has 0 aromatic carbocycles. The zero-order chi connectivity index (χ0) is 16.2. The lowest BCUT2D eigenvalue weighted by molar-refractivity contribution is 0.177. The molecule has 8 nitrogen and oxygen atoms in total. The van der Waals surface area contributed by atoms with Gasteiger partial charge in [-0.1, -0.05) is 0 Å². The van der Waals surface area contributed by atoms with Crippen LogP contribution < -0.4 is 10.2 Å².